The Morgan fingerprint density at radius 3 is 2.71 bits per heavy atom. The second-order valence-electron chi connectivity index (χ2n) is 6.32. The van der Waals surface area contributed by atoms with Gasteiger partial charge < -0.3 is 9.88 Å². The minimum Gasteiger partial charge on any atom is -0.351 e. The van der Waals surface area contributed by atoms with Crippen LogP contribution in [-0.4, -0.2) is 27.0 Å². The van der Waals surface area contributed by atoms with E-state index in [1.807, 2.05) is 35.0 Å². The molecule has 7 heteroatoms. The van der Waals surface area contributed by atoms with E-state index < -0.39 is 5.82 Å². The molecule has 0 fully saturated rings. The second kappa shape index (κ2) is 9.32. The first kappa shape index (κ1) is 19.8. The third kappa shape index (κ3) is 5.53. The Morgan fingerprint density at radius 1 is 1.18 bits per heavy atom. The standard InChI is InChI=1S/C21H20FN3O2S/c1-15(26)18-5-6-20(19(22)10-18)28-13-21(27)24-11-16-3-2-4-17(9-16)12-25-8-7-23-14-25/h2-10,14H,11-13H2,1H3,(H,24,27). The van der Waals surface area contributed by atoms with Gasteiger partial charge >= 0.3 is 0 Å². The molecule has 0 saturated carbocycles. The lowest BCUT2D eigenvalue weighted by Crippen LogP contribution is -2.24. The Bertz CT molecular complexity index is 974. The predicted octanol–water partition coefficient (Wildman–Crippen LogP) is 3.68. The number of nitrogens with zero attached hydrogens (tertiary/aromatic N) is 2. The normalized spacial score (nSPS) is 10.6. The summed E-state index contributed by atoms with van der Waals surface area (Å²) in [6.45, 7) is 2.51. The van der Waals surface area contributed by atoms with Crippen molar-refractivity contribution in [2.45, 2.75) is 24.9 Å². The summed E-state index contributed by atoms with van der Waals surface area (Å²) < 4.78 is 16.0. The number of hydrogen-bond donors (Lipinski definition) is 1. The Kier molecular flexibility index (Phi) is 6.60. The zero-order chi connectivity index (χ0) is 19.9. The zero-order valence-corrected chi connectivity index (χ0v) is 16.2. The monoisotopic (exact) mass is 397 g/mol. The van der Waals surface area contributed by atoms with Crippen LogP contribution in [-0.2, 0) is 17.9 Å². The Morgan fingerprint density at radius 2 is 2.00 bits per heavy atom. The SMILES string of the molecule is CC(=O)c1ccc(SCC(=O)NCc2cccc(Cn3ccnc3)c2)c(F)c1. The highest BCUT2D eigenvalue weighted by Gasteiger charge is 2.09. The highest BCUT2D eigenvalue weighted by atomic mass is 32.2. The molecule has 5 nitrogen and oxygen atoms in total. The number of amides is 1. The fourth-order valence-electron chi connectivity index (χ4n) is 2.66. The number of thioether (sulfide) groups is 1. The van der Waals surface area contributed by atoms with Crippen LogP contribution in [0.4, 0.5) is 4.39 Å². The van der Waals surface area contributed by atoms with Crippen LogP contribution in [0.25, 0.3) is 0 Å². The van der Waals surface area contributed by atoms with Gasteiger partial charge in [0.05, 0.1) is 12.1 Å². The van der Waals surface area contributed by atoms with Crippen LogP contribution in [0.1, 0.15) is 28.4 Å². The van der Waals surface area contributed by atoms with E-state index in [0.29, 0.717) is 23.5 Å². The summed E-state index contributed by atoms with van der Waals surface area (Å²) in [5, 5.41) is 2.85. The van der Waals surface area contributed by atoms with Gasteiger partial charge in [-0.15, -0.1) is 11.8 Å². The van der Waals surface area contributed by atoms with E-state index in [1.54, 1.807) is 18.6 Å². The number of carbonyl (C=O) groups excluding carboxylic acids is 2. The van der Waals surface area contributed by atoms with Crippen molar-refractivity contribution in [2.24, 2.45) is 0 Å². The molecule has 1 amide bonds. The molecule has 1 N–H and O–H groups in total. The molecule has 0 aliphatic heterocycles. The summed E-state index contributed by atoms with van der Waals surface area (Å²) in [4.78, 5) is 27.7. The molecular formula is C21H20FN3O2S. The van der Waals surface area contributed by atoms with E-state index >= 15 is 0 Å². The lowest BCUT2D eigenvalue weighted by atomic mass is 10.1. The average molecular weight is 397 g/mol. The number of Topliss-reactive ketones (excluding diaryl/α,β-unsaturated/α-hetero) is 1. The van der Waals surface area contributed by atoms with E-state index in [0.717, 1.165) is 22.9 Å². The number of aromatic nitrogens is 2. The van der Waals surface area contributed by atoms with Crippen molar-refractivity contribution in [1.82, 2.24) is 14.9 Å². The van der Waals surface area contributed by atoms with Crippen molar-refractivity contribution < 1.29 is 14.0 Å². The smallest absolute Gasteiger partial charge is 0.230 e. The van der Waals surface area contributed by atoms with E-state index in [2.05, 4.69) is 10.3 Å². The van der Waals surface area contributed by atoms with Crippen LogP contribution >= 0.6 is 11.8 Å². The highest BCUT2D eigenvalue weighted by Crippen LogP contribution is 2.22. The summed E-state index contributed by atoms with van der Waals surface area (Å²) in [7, 11) is 0. The van der Waals surface area contributed by atoms with E-state index in [-0.39, 0.29) is 17.4 Å². The Balaban J connectivity index is 1.50. The topological polar surface area (TPSA) is 64.0 Å². The quantitative estimate of drug-likeness (QED) is 0.465. The van der Waals surface area contributed by atoms with Crippen LogP contribution in [0, 0.1) is 5.82 Å². The molecule has 0 bridgehead atoms. The van der Waals surface area contributed by atoms with Crippen LogP contribution in [0.3, 0.4) is 0 Å². The maximum Gasteiger partial charge on any atom is 0.230 e. The fourth-order valence-corrected chi connectivity index (χ4v) is 3.41. The lowest BCUT2D eigenvalue weighted by Gasteiger charge is -2.08. The molecule has 0 spiro atoms. The number of benzene rings is 2. The summed E-state index contributed by atoms with van der Waals surface area (Å²) >= 11 is 1.11. The number of ketones is 1. The fraction of sp³-hybridized carbons (Fsp3) is 0.190. The van der Waals surface area contributed by atoms with Gasteiger partial charge in [-0.1, -0.05) is 30.3 Å². The summed E-state index contributed by atoms with van der Waals surface area (Å²) in [6, 6.07) is 12.3. The van der Waals surface area contributed by atoms with Crippen LogP contribution in [0.5, 0.6) is 0 Å². The van der Waals surface area contributed by atoms with Crippen LogP contribution in [0.15, 0.2) is 66.1 Å². The third-order valence-corrected chi connectivity index (χ3v) is 5.15. The van der Waals surface area contributed by atoms with Gasteiger partial charge in [-0.2, -0.15) is 0 Å². The molecule has 2 aromatic carbocycles. The molecule has 3 aromatic rings. The Hall–Kier alpha value is -2.93. The zero-order valence-electron chi connectivity index (χ0n) is 15.4. The first-order chi connectivity index (χ1) is 13.5. The molecule has 0 aliphatic carbocycles. The van der Waals surface area contributed by atoms with E-state index in [1.165, 1.54) is 19.1 Å². The molecule has 144 valence electrons. The van der Waals surface area contributed by atoms with Gasteiger partial charge in [0.1, 0.15) is 5.82 Å². The number of nitrogens with one attached hydrogen (secondary N) is 1. The molecule has 0 unspecified atom stereocenters. The number of hydrogen-bond acceptors (Lipinski definition) is 4. The molecule has 1 heterocycles. The largest absolute Gasteiger partial charge is 0.351 e. The van der Waals surface area contributed by atoms with Crippen molar-refractivity contribution in [1.29, 1.82) is 0 Å². The number of imidazole rings is 1. The van der Waals surface area contributed by atoms with Crippen molar-refractivity contribution in [3.63, 3.8) is 0 Å². The van der Waals surface area contributed by atoms with Gasteiger partial charge in [-0.25, -0.2) is 9.37 Å². The van der Waals surface area contributed by atoms with Gasteiger partial charge in [-0.05, 0) is 30.2 Å². The Labute approximate surface area is 167 Å². The molecule has 0 atom stereocenters. The van der Waals surface area contributed by atoms with Crippen molar-refractivity contribution in [3.05, 3.63) is 83.7 Å². The van der Waals surface area contributed by atoms with Gasteiger partial charge in [-0.3, -0.25) is 9.59 Å². The molecule has 3 rings (SSSR count). The minimum absolute atomic E-state index is 0.102. The lowest BCUT2D eigenvalue weighted by molar-refractivity contribution is -0.118. The van der Waals surface area contributed by atoms with Crippen LogP contribution < -0.4 is 5.32 Å². The second-order valence-corrected chi connectivity index (χ2v) is 7.34. The maximum atomic E-state index is 14.0. The molecule has 1 aromatic heterocycles. The first-order valence-electron chi connectivity index (χ1n) is 8.75. The number of carbonyl (C=O) groups is 2. The van der Waals surface area contributed by atoms with Crippen molar-refractivity contribution in [2.75, 3.05) is 5.75 Å². The van der Waals surface area contributed by atoms with E-state index in [9.17, 15) is 14.0 Å². The van der Waals surface area contributed by atoms with E-state index in [4.69, 9.17) is 0 Å². The van der Waals surface area contributed by atoms with Gasteiger partial charge in [0.25, 0.3) is 0 Å². The average Bonchev–Trinajstić information content (AvgIpc) is 3.18. The van der Waals surface area contributed by atoms with Gasteiger partial charge in [0.15, 0.2) is 5.78 Å². The predicted molar refractivity (Wildman–Crippen MR) is 107 cm³/mol. The van der Waals surface area contributed by atoms with Gasteiger partial charge in [0.2, 0.25) is 5.91 Å². The molecular weight excluding hydrogens is 377 g/mol. The molecule has 28 heavy (non-hydrogen) atoms. The van der Waals surface area contributed by atoms with Crippen molar-refractivity contribution >= 4 is 23.5 Å². The van der Waals surface area contributed by atoms with Crippen molar-refractivity contribution in [3.8, 4) is 0 Å². The molecule has 0 radical (unpaired) electrons. The molecule has 0 saturated heterocycles. The number of rotatable bonds is 8. The minimum atomic E-state index is -0.488. The summed E-state index contributed by atoms with van der Waals surface area (Å²) in [5.41, 5.74) is 2.43. The summed E-state index contributed by atoms with van der Waals surface area (Å²) in [5.74, 6) is -0.758. The maximum absolute atomic E-state index is 14.0. The number of halogens is 1. The highest BCUT2D eigenvalue weighted by molar-refractivity contribution is 8.00. The summed E-state index contributed by atoms with van der Waals surface area (Å²) in [6.07, 6.45) is 5.39. The first-order valence-corrected chi connectivity index (χ1v) is 9.73. The third-order valence-electron chi connectivity index (χ3n) is 4.10. The van der Waals surface area contributed by atoms with Gasteiger partial charge in [0, 0.05) is 35.9 Å². The van der Waals surface area contributed by atoms with Crippen LogP contribution in [0.2, 0.25) is 0 Å². The molecule has 0 aliphatic rings.